The number of fused-ring (bicyclic) bond motifs is 6. The molecule has 0 aliphatic carbocycles. The van der Waals surface area contributed by atoms with Crippen molar-refractivity contribution in [3.63, 3.8) is 0 Å². The van der Waals surface area contributed by atoms with Crippen LogP contribution in [0.25, 0.3) is 88.4 Å². The summed E-state index contributed by atoms with van der Waals surface area (Å²) in [6.07, 6.45) is 0. The molecule has 0 amide bonds. The average Bonchev–Trinajstić information content (AvgIpc) is 3.73. The summed E-state index contributed by atoms with van der Waals surface area (Å²) in [5.74, 6) is 0. The van der Waals surface area contributed by atoms with Crippen LogP contribution in [0.4, 0.5) is 0 Å². The third-order valence-electron chi connectivity index (χ3n) is 10.3. The molecule has 2 aromatic heterocycles. The van der Waals surface area contributed by atoms with Gasteiger partial charge in [-0.25, -0.2) is 0 Å². The van der Waals surface area contributed by atoms with Gasteiger partial charge in [-0.2, -0.15) is 5.26 Å². The lowest BCUT2D eigenvalue weighted by molar-refractivity contribution is 1.18. The molecule has 10 rings (SSSR count). The minimum Gasteiger partial charge on any atom is -0.309 e. The van der Waals surface area contributed by atoms with Gasteiger partial charge in [0.25, 0.3) is 0 Å². The fraction of sp³-hybridized carbons (Fsp3) is 0. The Morgan fingerprint density at radius 1 is 0.308 bits per heavy atom. The van der Waals surface area contributed by atoms with Crippen LogP contribution in [0.5, 0.6) is 0 Å². The van der Waals surface area contributed by atoms with E-state index in [0.29, 0.717) is 5.56 Å². The molecule has 2 heterocycles. The fourth-order valence-corrected chi connectivity index (χ4v) is 7.87. The van der Waals surface area contributed by atoms with Gasteiger partial charge in [-0.05, 0) is 112 Å². The van der Waals surface area contributed by atoms with E-state index in [0.717, 1.165) is 44.3 Å². The van der Waals surface area contributed by atoms with Crippen LogP contribution >= 0.6 is 0 Å². The normalized spacial score (nSPS) is 11.4. The number of rotatable bonds is 5. The number of hydrogen-bond acceptors (Lipinski definition) is 1. The monoisotopic (exact) mass is 661 g/mol. The number of benzene rings is 8. The summed E-state index contributed by atoms with van der Waals surface area (Å²) in [5.41, 5.74) is 14.6. The second kappa shape index (κ2) is 12.0. The molecule has 10 aromatic rings. The maximum Gasteiger partial charge on any atom is 0.0991 e. The SMILES string of the molecule is N#Cc1ccc2c(c1)c1cc(-c3ccc4c(c3)c3ccccc3n4-c3ccc(-c4cccc(-c5ccccc5)c4)cc3)ccc1n2-c1ccccc1. The molecule has 0 radical (unpaired) electrons. The van der Waals surface area contributed by atoms with E-state index in [1.807, 2.05) is 18.2 Å². The zero-order valence-corrected chi connectivity index (χ0v) is 28.2. The lowest BCUT2D eigenvalue weighted by atomic mass is 9.99. The number of para-hydroxylation sites is 2. The van der Waals surface area contributed by atoms with Gasteiger partial charge in [-0.15, -0.1) is 0 Å². The number of nitriles is 1. The van der Waals surface area contributed by atoms with Crippen LogP contribution in [0.1, 0.15) is 5.56 Å². The standard InChI is InChI=1S/C49H31N3/c50-32-33-18-25-47-43(28-33)45-31-39(22-27-49(45)51(47)40-14-5-2-6-15-40)38-21-26-48-44(30-38)42-16-7-8-17-46(42)52(48)41-23-19-35(20-24-41)37-13-9-12-36(29-37)34-10-3-1-4-11-34/h1-31H. The smallest absolute Gasteiger partial charge is 0.0991 e. The first-order valence-electron chi connectivity index (χ1n) is 17.6. The first-order valence-corrected chi connectivity index (χ1v) is 17.6. The molecule has 0 saturated carbocycles. The van der Waals surface area contributed by atoms with E-state index in [4.69, 9.17) is 0 Å². The van der Waals surface area contributed by atoms with E-state index in [9.17, 15) is 5.26 Å². The Bertz CT molecular complexity index is 3000. The van der Waals surface area contributed by atoms with E-state index >= 15 is 0 Å². The lowest BCUT2D eigenvalue weighted by Gasteiger charge is -2.11. The molecule has 8 aromatic carbocycles. The average molecular weight is 662 g/mol. The Morgan fingerprint density at radius 2 is 0.750 bits per heavy atom. The topological polar surface area (TPSA) is 33.6 Å². The van der Waals surface area contributed by atoms with Gasteiger partial charge in [0.15, 0.2) is 0 Å². The van der Waals surface area contributed by atoms with E-state index in [1.54, 1.807) is 0 Å². The molecule has 0 aliphatic rings. The molecule has 3 heteroatoms. The van der Waals surface area contributed by atoms with Crippen LogP contribution in [0.2, 0.25) is 0 Å². The van der Waals surface area contributed by atoms with Crippen LogP contribution in [-0.4, -0.2) is 9.13 Å². The summed E-state index contributed by atoms with van der Waals surface area (Å²) in [4.78, 5) is 0. The summed E-state index contributed by atoms with van der Waals surface area (Å²) in [6, 6.07) is 69.2. The summed E-state index contributed by atoms with van der Waals surface area (Å²) in [7, 11) is 0. The van der Waals surface area contributed by atoms with Crippen molar-refractivity contribution >= 4 is 43.6 Å². The van der Waals surface area contributed by atoms with Crippen molar-refractivity contribution in [3.05, 3.63) is 194 Å². The Kier molecular flexibility index (Phi) is 6.87. The summed E-state index contributed by atoms with van der Waals surface area (Å²) in [5, 5.41) is 14.4. The van der Waals surface area contributed by atoms with Gasteiger partial charge >= 0.3 is 0 Å². The molecule has 0 unspecified atom stereocenters. The second-order valence-corrected chi connectivity index (χ2v) is 13.3. The van der Waals surface area contributed by atoms with Crippen molar-refractivity contribution in [1.82, 2.24) is 9.13 Å². The second-order valence-electron chi connectivity index (χ2n) is 13.3. The third-order valence-corrected chi connectivity index (χ3v) is 10.3. The zero-order chi connectivity index (χ0) is 34.6. The Hall–Kier alpha value is -7.15. The molecule has 0 fully saturated rings. The quantitative estimate of drug-likeness (QED) is 0.181. The summed E-state index contributed by atoms with van der Waals surface area (Å²) < 4.78 is 4.66. The molecular weight excluding hydrogens is 631 g/mol. The Morgan fingerprint density at radius 3 is 1.40 bits per heavy atom. The Balaban J connectivity index is 1.08. The number of nitrogens with zero attached hydrogens (tertiary/aromatic N) is 3. The molecular formula is C49H31N3. The molecule has 52 heavy (non-hydrogen) atoms. The zero-order valence-electron chi connectivity index (χ0n) is 28.2. The van der Waals surface area contributed by atoms with Crippen LogP contribution in [0.15, 0.2) is 188 Å². The van der Waals surface area contributed by atoms with Gasteiger partial charge in [0.05, 0.1) is 33.7 Å². The molecule has 0 bridgehead atoms. The van der Waals surface area contributed by atoms with E-state index in [1.165, 1.54) is 44.1 Å². The van der Waals surface area contributed by atoms with E-state index in [2.05, 4.69) is 185 Å². The molecule has 3 nitrogen and oxygen atoms in total. The van der Waals surface area contributed by atoms with Crippen LogP contribution in [0, 0.1) is 11.3 Å². The van der Waals surface area contributed by atoms with Crippen LogP contribution < -0.4 is 0 Å². The van der Waals surface area contributed by atoms with Crippen molar-refractivity contribution in [1.29, 1.82) is 5.26 Å². The predicted octanol–water partition coefficient (Wildman–Crippen LogP) is 12.8. The van der Waals surface area contributed by atoms with Crippen molar-refractivity contribution in [2.24, 2.45) is 0 Å². The van der Waals surface area contributed by atoms with Gasteiger partial charge in [-0.1, -0.05) is 109 Å². The summed E-state index contributed by atoms with van der Waals surface area (Å²) >= 11 is 0. The Labute approximate surface area is 301 Å². The highest BCUT2D eigenvalue weighted by Crippen LogP contribution is 2.39. The molecule has 0 aliphatic heterocycles. The molecule has 0 atom stereocenters. The molecule has 0 spiro atoms. The van der Waals surface area contributed by atoms with Crippen molar-refractivity contribution in [2.45, 2.75) is 0 Å². The third kappa shape index (κ3) is 4.81. The van der Waals surface area contributed by atoms with Gasteiger partial charge in [0.2, 0.25) is 0 Å². The van der Waals surface area contributed by atoms with Crippen LogP contribution in [-0.2, 0) is 0 Å². The predicted molar refractivity (Wildman–Crippen MR) is 216 cm³/mol. The number of aromatic nitrogens is 2. The fourth-order valence-electron chi connectivity index (χ4n) is 7.87. The first kappa shape index (κ1) is 29.7. The molecule has 242 valence electrons. The maximum absolute atomic E-state index is 9.75. The van der Waals surface area contributed by atoms with Crippen LogP contribution in [0.3, 0.4) is 0 Å². The minimum atomic E-state index is 0.660. The molecule has 0 N–H and O–H groups in total. The highest BCUT2D eigenvalue weighted by atomic mass is 15.0. The minimum absolute atomic E-state index is 0.660. The summed E-state index contributed by atoms with van der Waals surface area (Å²) in [6.45, 7) is 0. The van der Waals surface area contributed by atoms with Crippen molar-refractivity contribution < 1.29 is 0 Å². The largest absolute Gasteiger partial charge is 0.309 e. The van der Waals surface area contributed by atoms with Gasteiger partial charge < -0.3 is 9.13 Å². The van der Waals surface area contributed by atoms with Gasteiger partial charge in [0, 0.05) is 32.9 Å². The van der Waals surface area contributed by atoms with Crippen molar-refractivity contribution in [3.8, 4) is 50.8 Å². The van der Waals surface area contributed by atoms with Gasteiger partial charge in [-0.3, -0.25) is 0 Å². The highest BCUT2D eigenvalue weighted by Gasteiger charge is 2.17. The highest BCUT2D eigenvalue weighted by molar-refractivity contribution is 6.13. The van der Waals surface area contributed by atoms with Crippen molar-refractivity contribution in [2.75, 3.05) is 0 Å². The van der Waals surface area contributed by atoms with E-state index < -0.39 is 0 Å². The number of hydrogen-bond donors (Lipinski definition) is 0. The van der Waals surface area contributed by atoms with Gasteiger partial charge in [0.1, 0.15) is 0 Å². The van der Waals surface area contributed by atoms with E-state index in [-0.39, 0.29) is 0 Å². The maximum atomic E-state index is 9.75. The lowest BCUT2D eigenvalue weighted by Crippen LogP contribution is -1.94. The first-order chi connectivity index (χ1) is 25.7. The molecule has 0 saturated heterocycles.